The average molecular weight is 220 g/mol. The molecule has 2 heterocycles. The van der Waals surface area contributed by atoms with Crippen LogP contribution in [0.1, 0.15) is 23.4 Å². The number of hydrogen-bond donors (Lipinski definition) is 2. The zero-order valence-electron chi connectivity index (χ0n) is 8.58. The molecule has 0 aromatic carbocycles. The molecule has 0 saturated carbocycles. The number of nitrogens with two attached hydrogens (primary N) is 1. The number of nitrogens with zero attached hydrogens (tertiary/aromatic N) is 3. The number of aliphatic hydroxyl groups excluding tert-OH is 1. The molecule has 1 atom stereocenters. The van der Waals surface area contributed by atoms with E-state index in [0.717, 1.165) is 5.56 Å². The van der Waals surface area contributed by atoms with Crippen molar-refractivity contribution in [1.29, 1.82) is 0 Å². The molecule has 84 valence electrons. The molecule has 0 aliphatic rings. The first-order chi connectivity index (χ1) is 7.79. The van der Waals surface area contributed by atoms with Gasteiger partial charge in [-0.3, -0.25) is 4.98 Å². The fourth-order valence-electron chi connectivity index (χ4n) is 1.26. The number of pyridine rings is 1. The van der Waals surface area contributed by atoms with Gasteiger partial charge in [-0.2, -0.15) is 4.98 Å². The third-order valence-electron chi connectivity index (χ3n) is 2.10. The normalized spacial score (nSPS) is 12.6. The van der Waals surface area contributed by atoms with Crippen LogP contribution in [-0.2, 0) is 6.42 Å². The molecule has 6 heteroatoms. The van der Waals surface area contributed by atoms with E-state index in [0.29, 0.717) is 12.2 Å². The van der Waals surface area contributed by atoms with Gasteiger partial charge in [-0.15, -0.1) is 0 Å². The lowest BCUT2D eigenvalue weighted by Gasteiger charge is -1.98. The molecule has 0 fully saturated rings. The van der Waals surface area contributed by atoms with Crippen LogP contribution in [0.5, 0.6) is 0 Å². The molecule has 2 aromatic rings. The van der Waals surface area contributed by atoms with Crippen molar-refractivity contribution < 1.29 is 9.63 Å². The van der Waals surface area contributed by atoms with Crippen molar-refractivity contribution in [3.63, 3.8) is 0 Å². The van der Waals surface area contributed by atoms with Crippen molar-refractivity contribution in [3.05, 3.63) is 41.8 Å². The Morgan fingerprint density at radius 2 is 2.12 bits per heavy atom. The number of hydrogen-bond acceptors (Lipinski definition) is 6. The first-order valence-electron chi connectivity index (χ1n) is 4.89. The Morgan fingerprint density at radius 3 is 2.81 bits per heavy atom. The minimum Gasteiger partial charge on any atom is -0.382 e. The van der Waals surface area contributed by atoms with Gasteiger partial charge in [-0.05, 0) is 17.7 Å². The summed E-state index contributed by atoms with van der Waals surface area (Å²) in [5.41, 5.74) is 6.31. The summed E-state index contributed by atoms with van der Waals surface area (Å²) in [7, 11) is 0. The summed E-state index contributed by atoms with van der Waals surface area (Å²) in [6.45, 7) is 0.0664. The van der Waals surface area contributed by atoms with Crippen molar-refractivity contribution in [2.45, 2.75) is 12.5 Å². The predicted octanol–water partition coefficient (Wildman–Crippen LogP) is 0.0475. The minimum atomic E-state index is -0.890. The maximum atomic E-state index is 9.38. The Hall–Kier alpha value is -1.79. The molecule has 0 radical (unpaired) electrons. The van der Waals surface area contributed by atoms with Gasteiger partial charge in [0, 0.05) is 25.4 Å². The lowest BCUT2D eigenvalue weighted by atomic mass is 10.2. The summed E-state index contributed by atoms with van der Waals surface area (Å²) >= 11 is 0. The highest BCUT2D eigenvalue weighted by molar-refractivity contribution is 5.14. The molecule has 0 saturated heterocycles. The van der Waals surface area contributed by atoms with E-state index in [2.05, 4.69) is 15.1 Å². The summed E-state index contributed by atoms with van der Waals surface area (Å²) in [5.74, 6) is 0.681. The Morgan fingerprint density at radius 1 is 1.38 bits per heavy atom. The predicted molar refractivity (Wildman–Crippen MR) is 55.4 cm³/mol. The van der Waals surface area contributed by atoms with Crippen LogP contribution in [0.25, 0.3) is 0 Å². The fraction of sp³-hybridized carbons (Fsp3) is 0.300. The molecule has 2 rings (SSSR count). The van der Waals surface area contributed by atoms with E-state index in [1.54, 1.807) is 12.4 Å². The number of aliphatic hydroxyl groups is 1. The Labute approximate surface area is 92.1 Å². The van der Waals surface area contributed by atoms with Crippen LogP contribution in [0, 0.1) is 0 Å². The lowest BCUT2D eigenvalue weighted by molar-refractivity contribution is 0.141. The molecule has 16 heavy (non-hydrogen) atoms. The Bertz CT molecular complexity index is 443. The smallest absolute Gasteiger partial charge is 0.256 e. The molecular formula is C10H12N4O2. The molecule has 2 aromatic heterocycles. The summed E-state index contributed by atoms with van der Waals surface area (Å²) in [6, 6.07) is 3.74. The van der Waals surface area contributed by atoms with Crippen LogP contribution >= 0.6 is 0 Å². The van der Waals surface area contributed by atoms with Crippen LogP contribution < -0.4 is 5.73 Å². The van der Waals surface area contributed by atoms with Gasteiger partial charge in [0.05, 0.1) is 0 Å². The lowest BCUT2D eigenvalue weighted by Crippen LogP contribution is -2.11. The third-order valence-corrected chi connectivity index (χ3v) is 2.10. The fourth-order valence-corrected chi connectivity index (χ4v) is 1.26. The maximum Gasteiger partial charge on any atom is 0.256 e. The van der Waals surface area contributed by atoms with E-state index in [4.69, 9.17) is 10.3 Å². The molecule has 0 aliphatic heterocycles. The van der Waals surface area contributed by atoms with Gasteiger partial charge in [0.1, 0.15) is 6.10 Å². The first kappa shape index (κ1) is 10.7. The van der Waals surface area contributed by atoms with Crippen molar-refractivity contribution in [2.24, 2.45) is 5.73 Å². The van der Waals surface area contributed by atoms with Gasteiger partial charge < -0.3 is 15.4 Å². The van der Waals surface area contributed by atoms with Crippen LogP contribution in [0.4, 0.5) is 0 Å². The van der Waals surface area contributed by atoms with Gasteiger partial charge >= 0.3 is 0 Å². The molecule has 0 bridgehead atoms. The average Bonchev–Trinajstić information content (AvgIpc) is 2.78. The second-order valence-electron chi connectivity index (χ2n) is 3.33. The number of aromatic nitrogens is 3. The molecular weight excluding hydrogens is 208 g/mol. The van der Waals surface area contributed by atoms with E-state index in [9.17, 15) is 5.11 Å². The quantitative estimate of drug-likeness (QED) is 0.755. The Balaban J connectivity index is 2.09. The van der Waals surface area contributed by atoms with Crippen LogP contribution in [-0.4, -0.2) is 26.8 Å². The first-order valence-corrected chi connectivity index (χ1v) is 4.89. The standard InChI is InChI=1S/C10H12N4O2/c11-6-8(15)10-13-9(14-16-10)5-7-1-3-12-4-2-7/h1-4,8,15H,5-6,11H2/t8-/m0/s1. The highest BCUT2D eigenvalue weighted by Crippen LogP contribution is 2.10. The molecule has 3 N–H and O–H groups in total. The largest absolute Gasteiger partial charge is 0.382 e. The minimum absolute atomic E-state index is 0.0664. The van der Waals surface area contributed by atoms with E-state index >= 15 is 0 Å². The van der Waals surface area contributed by atoms with Crippen LogP contribution in [0.3, 0.4) is 0 Å². The molecule has 0 unspecified atom stereocenters. The van der Waals surface area contributed by atoms with Crippen molar-refractivity contribution in [2.75, 3.05) is 6.54 Å². The van der Waals surface area contributed by atoms with E-state index in [1.807, 2.05) is 12.1 Å². The van der Waals surface area contributed by atoms with E-state index < -0.39 is 6.10 Å². The van der Waals surface area contributed by atoms with Crippen molar-refractivity contribution >= 4 is 0 Å². The highest BCUT2D eigenvalue weighted by atomic mass is 16.5. The SMILES string of the molecule is NC[C@H](O)c1nc(Cc2ccncc2)no1. The van der Waals surface area contributed by atoms with E-state index in [-0.39, 0.29) is 12.4 Å². The number of rotatable bonds is 4. The Kier molecular flexibility index (Phi) is 3.23. The summed E-state index contributed by atoms with van der Waals surface area (Å²) in [6.07, 6.45) is 3.05. The van der Waals surface area contributed by atoms with Crippen LogP contribution in [0.15, 0.2) is 29.0 Å². The molecule has 6 nitrogen and oxygen atoms in total. The summed E-state index contributed by atoms with van der Waals surface area (Å²) in [4.78, 5) is 7.96. The topological polar surface area (TPSA) is 98.1 Å². The maximum absolute atomic E-state index is 9.38. The summed E-state index contributed by atoms with van der Waals surface area (Å²) in [5, 5.41) is 13.1. The van der Waals surface area contributed by atoms with Gasteiger partial charge in [-0.1, -0.05) is 5.16 Å². The van der Waals surface area contributed by atoms with Gasteiger partial charge in [0.2, 0.25) is 0 Å². The molecule has 0 amide bonds. The van der Waals surface area contributed by atoms with Gasteiger partial charge in [-0.25, -0.2) is 0 Å². The van der Waals surface area contributed by atoms with Crippen LogP contribution in [0.2, 0.25) is 0 Å². The zero-order valence-corrected chi connectivity index (χ0v) is 8.58. The summed E-state index contributed by atoms with van der Waals surface area (Å²) < 4.78 is 4.88. The molecule has 0 aliphatic carbocycles. The second kappa shape index (κ2) is 4.82. The zero-order chi connectivity index (χ0) is 11.4. The van der Waals surface area contributed by atoms with Gasteiger partial charge in [0.15, 0.2) is 5.82 Å². The van der Waals surface area contributed by atoms with E-state index in [1.165, 1.54) is 0 Å². The third kappa shape index (κ3) is 2.41. The molecule has 0 spiro atoms. The monoisotopic (exact) mass is 220 g/mol. The highest BCUT2D eigenvalue weighted by Gasteiger charge is 2.14. The van der Waals surface area contributed by atoms with Crippen molar-refractivity contribution in [1.82, 2.24) is 15.1 Å². The van der Waals surface area contributed by atoms with Gasteiger partial charge in [0.25, 0.3) is 5.89 Å². The van der Waals surface area contributed by atoms with Crippen molar-refractivity contribution in [3.8, 4) is 0 Å². The second-order valence-corrected chi connectivity index (χ2v) is 3.33.